The summed E-state index contributed by atoms with van der Waals surface area (Å²) in [6.07, 6.45) is 7.91. The Morgan fingerprint density at radius 2 is 2.27 bits per heavy atom. The quantitative estimate of drug-likeness (QED) is 0.717. The minimum Gasteiger partial charge on any atom is -0.245 e. The lowest BCUT2D eigenvalue weighted by Crippen LogP contribution is -2.20. The molecule has 15 heavy (non-hydrogen) atoms. The first-order chi connectivity index (χ1) is 7.40. The van der Waals surface area contributed by atoms with Crippen molar-refractivity contribution in [2.75, 3.05) is 0 Å². The average molecular weight is 219 g/mol. The Bertz CT molecular complexity index is 347. The smallest absolute Gasteiger partial charge is 0.116 e. The molecule has 1 aliphatic rings. The number of nitriles is 1. The second-order valence-corrected chi connectivity index (χ2v) is 4.98. The minimum absolute atomic E-state index is 0.193. The third kappa shape index (κ3) is 2.69. The van der Waals surface area contributed by atoms with Gasteiger partial charge in [-0.2, -0.15) is 5.26 Å². The number of rotatable bonds is 2. The van der Waals surface area contributed by atoms with Crippen LogP contribution in [-0.4, -0.2) is 15.2 Å². The molecule has 4 heteroatoms. The molecule has 1 heterocycles. The standard InChI is InChI=1S/C11H13N3S/c12-7-9-3-1-2-4-10(9)15-11-5-6-13-8-14-11/h5-6,8-10H,1-4H2. The van der Waals surface area contributed by atoms with Crippen LogP contribution in [0.5, 0.6) is 0 Å². The second-order valence-electron chi connectivity index (χ2n) is 3.72. The van der Waals surface area contributed by atoms with E-state index in [9.17, 15) is 0 Å². The van der Waals surface area contributed by atoms with Crippen LogP contribution in [0.15, 0.2) is 23.6 Å². The fraction of sp³-hybridized carbons (Fsp3) is 0.545. The van der Waals surface area contributed by atoms with Gasteiger partial charge in [-0.25, -0.2) is 9.97 Å². The van der Waals surface area contributed by atoms with Gasteiger partial charge in [-0.15, -0.1) is 11.8 Å². The van der Waals surface area contributed by atoms with Crippen LogP contribution in [0.3, 0.4) is 0 Å². The van der Waals surface area contributed by atoms with E-state index in [0.717, 1.165) is 17.9 Å². The van der Waals surface area contributed by atoms with Gasteiger partial charge in [0, 0.05) is 11.4 Å². The highest BCUT2D eigenvalue weighted by Crippen LogP contribution is 2.36. The van der Waals surface area contributed by atoms with Crippen molar-refractivity contribution < 1.29 is 0 Å². The molecule has 0 saturated heterocycles. The van der Waals surface area contributed by atoms with Crippen LogP contribution in [0, 0.1) is 17.2 Å². The van der Waals surface area contributed by atoms with Crippen LogP contribution < -0.4 is 0 Å². The van der Waals surface area contributed by atoms with E-state index in [1.807, 2.05) is 6.07 Å². The van der Waals surface area contributed by atoms with Gasteiger partial charge in [0.2, 0.25) is 0 Å². The highest BCUT2D eigenvalue weighted by atomic mass is 32.2. The summed E-state index contributed by atoms with van der Waals surface area (Å²) in [7, 11) is 0. The Morgan fingerprint density at radius 3 is 3.00 bits per heavy atom. The van der Waals surface area contributed by atoms with Crippen molar-refractivity contribution in [3.8, 4) is 6.07 Å². The van der Waals surface area contributed by atoms with Gasteiger partial charge in [0.25, 0.3) is 0 Å². The van der Waals surface area contributed by atoms with Crippen LogP contribution in [-0.2, 0) is 0 Å². The maximum Gasteiger partial charge on any atom is 0.116 e. The molecule has 0 N–H and O–H groups in total. The van der Waals surface area contributed by atoms with E-state index >= 15 is 0 Å². The van der Waals surface area contributed by atoms with E-state index in [4.69, 9.17) is 5.26 Å². The van der Waals surface area contributed by atoms with Gasteiger partial charge < -0.3 is 0 Å². The van der Waals surface area contributed by atoms with Crippen molar-refractivity contribution in [3.05, 3.63) is 18.6 Å². The molecule has 3 nitrogen and oxygen atoms in total. The lowest BCUT2D eigenvalue weighted by Gasteiger charge is -2.25. The molecule has 2 atom stereocenters. The Balaban J connectivity index is 2.01. The van der Waals surface area contributed by atoms with Crippen LogP contribution in [0.2, 0.25) is 0 Å². The number of nitrogens with zero attached hydrogens (tertiary/aromatic N) is 3. The van der Waals surface area contributed by atoms with Gasteiger partial charge in [0.15, 0.2) is 0 Å². The fourth-order valence-electron chi connectivity index (χ4n) is 1.89. The molecule has 0 bridgehead atoms. The van der Waals surface area contributed by atoms with E-state index in [0.29, 0.717) is 5.25 Å². The van der Waals surface area contributed by atoms with Gasteiger partial charge >= 0.3 is 0 Å². The molecule has 1 saturated carbocycles. The molecule has 78 valence electrons. The number of hydrogen-bond acceptors (Lipinski definition) is 4. The second kappa shape index (κ2) is 5.13. The van der Waals surface area contributed by atoms with Gasteiger partial charge in [-0.05, 0) is 18.9 Å². The third-order valence-corrected chi connectivity index (χ3v) is 4.05. The Kier molecular flexibility index (Phi) is 3.57. The van der Waals surface area contributed by atoms with Crippen molar-refractivity contribution in [2.45, 2.75) is 36.0 Å². The van der Waals surface area contributed by atoms with Gasteiger partial charge in [0.1, 0.15) is 6.33 Å². The van der Waals surface area contributed by atoms with Crippen molar-refractivity contribution in [1.29, 1.82) is 5.26 Å². The van der Waals surface area contributed by atoms with E-state index < -0.39 is 0 Å². The molecular formula is C11H13N3S. The molecule has 1 aromatic rings. The van der Waals surface area contributed by atoms with E-state index in [1.165, 1.54) is 12.8 Å². The Hall–Kier alpha value is -1.08. The number of hydrogen-bond donors (Lipinski definition) is 0. The first kappa shape index (κ1) is 10.4. The first-order valence-electron chi connectivity index (χ1n) is 5.22. The van der Waals surface area contributed by atoms with Gasteiger partial charge in [-0.3, -0.25) is 0 Å². The molecule has 1 fully saturated rings. The summed E-state index contributed by atoms with van der Waals surface area (Å²) in [5.41, 5.74) is 0. The first-order valence-corrected chi connectivity index (χ1v) is 6.10. The number of thioether (sulfide) groups is 1. The number of aromatic nitrogens is 2. The van der Waals surface area contributed by atoms with Gasteiger partial charge in [-0.1, -0.05) is 12.8 Å². The van der Waals surface area contributed by atoms with E-state index in [2.05, 4.69) is 16.0 Å². The monoisotopic (exact) mass is 219 g/mol. The molecule has 1 aromatic heterocycles. The summed E-state index contributed by atoms with van der Waals surface area (Å²) < 4.78 is 0. The summed E-state index contributed by atoms with van der Waals surface area (Å²) in [5.74, 6) is 0.193. The molecule has 0 amide bonds. The van der Waals surface area contributed by atoms with E-state index in [1.54, 1.807) is 24.3 Å². The zero-order chi connectivity index (χ0) is 10.5. The molecule has 1 aliphatic carbocycles. The minimum atomic E-state index is 0.193. The van der Waals surface area contributed by atoms with Crippen LogP contribution in [0.25, 0.3) is 0 Å². The molecule has 0 aromatic carbocycles. The van der Waals surface area contributed by atoms with Crippen molar-refractivity contribution in [2.24, 2.45) is 5.92 Å². The van der Waals surface area contributed by atoms with E-state index in [-0.39, 0.29) is 5.92 Å². The predicted octanol–water partition coefficient (Wildman–Crippen LogP) is 2.65. The SMILES string of the molecule is N#CC1CCCCC1Sc1ccncn1. The summed E-state index contributed by atoms with van der Waals surface area (Å²) in [5, 5.41) is 10.4. The highest BCUT2D eigenvalue weighted by Gasteiger charge is 2.25. The van der Waals surface area contributed by atoms with Crippen LogP contribution in [0.4, 0.5) is 0 Å². The lowest BCUT2D eigenvalue weighted by atomic mass is 9.90. The maximum atomic E-state index is 9.04. The van der Waals surface area contributed by atoms with Crippen molar-refractivity contribution in [3.63, 3.8) is 0 Å². The average Bonchev–Trinajstić information content (AvgIpc) is 2.31. The summed E-state index contributed by atoms with van der Waals surface area (Å²) in [4.78, 5) is 8.07. The van der Waals surface area contributed by atoms with Crippen molar-refractivity contribution >= 4 is 11.8 Å². The Morgan fingerprint density at radius 1 is 1.40 bits per heavy atom. The molecule has 0 spiro atoms. The molecule has 2 unspecified atom stereocenters. The summed E-state index contributed by atoms with van der Waals surface area (Å²) in [6, 6.07) is 4.32. The topological polar surface area (TPSA) is 49.6 Å². The van der Waals surface area contributed by atoms with Crippen LogP contribution >= 0.6 is 11.8 Å². The van der Waals surface area contributed by atoms with Crippen molar-refractivity contribution in [1.82, 2.24) is 9.97 Å². The zero-order valence-corrected chi connectivity index (χ0v) is 9.28. The van der Waals surface area contributed by atoms with Crippen LogP contribution in [0.1, 0.15) is 25.7 Å². The summed E-state index contributed by atoms with van der Waals surface area (Å²) >= 11 is 1.72. The fourth-order valence-corrected chi connectivity index (χ4v) is 3.09. The predicted molar refractivity (Wildman–Crippen MR) is 59.2 cm³/mol. The van der Waals surface area contributed by atoms with Gasteiger partial charge in [0.05, 0.1) is 17.0 Å². The normalized spacial score (nSPS) is 25.8. The summed E-state index contributed by atoms with van der Waals surface area (Å²) in [6.45, 7) is 0. The highest BCUT2D eigenvalue weighted by molar-refractivity contribution is 7.99. The molecule has 0 radical (unpaired) electrons. The maximum absolute atomic E-state index is 9.04. The Labute approximate surface area is 93.9 Å². The molecule has 0 aliphatic heterocycles. The lowest BCUT2D eigenvalue weighted by molar-refractivity contribution is 0.439. The molecular weight excluding hydrogens is 206 g/mol. The zero-order valence-electron chi connectivity index (χ0n) is 8.47. The third-order valence-electron chi connectivity index (χ3n) is 2.70. The molecule has 2 rings (SSSR count). The largest absolute Gasteiger partial charge is 0.245 e.